The van der Waals surface area contributed by atoms with Gasteiger partial charge < -0.3 is 14.8 Å². The quantitative estimate of drug-likeness (QED) is 0.874. The van der Waals surface area contributed by atoms with Crippen molar-refractivity contribution in [3.05, 3.63) is 58.6 Å². The summed E-state index contributed by atoms with van der Waals surface area (Å²) in [6.07, 6.45) is 3.84. The molecule has 0 radical (unpaired) electrons. The smallest absolute Gasteiger partial charge is 0.230 e. The maximum absolute atomic E-state index is 13.1. The second kappa shape index (κ2) is 7.20. The Bertz CT molecular complexity index is 815. The van der Waals surface area contributed by atoms with Crippen molar-refractivity contribution in [3.63, 3.8) is 0 Å². The molecule has 5 heteroatoms. The predicted molar refractivity (Wildman–Crippen MR) is 101 cm³/mol. The first kappa shape index (κ1) is 17.2. The maximum atomic E-state index is 13.1. The van der Waals surface area contributed by atoms with Crippen LogP contribution in [-0.2, 0) is 16.8 Å². The van der Waals surface area contributed by atoms with Gasteiger partial charge in [0.1, 0.15) is 13.2 Å². The highest BCUT2D eigenvalue weighted by molar-refractivity contribution is 6.30. The van der Waals surface area contributed by atoms with Gasteiger partial charge in [0.25, 0.3) is 0 Å². The van der Waals surface area contributed by atoms with E-state index < -0.39 is 5.41 Å². The lowest BCUT2D eigenvalue weighted by Crippen LogP contribution is -2.42. The summed E-state index contributed by atoms with van der Waals surface area (Å²) < 4.78 is 11.2. The molecule has 26 heavy (non-hydrogen) atoms. The zero-order chi connectivity index (χ0) is 18.0. The van der Waals surface area contributed by atoms with E-state index in [0.29, 0.717) is 24.8 Å². The van der Waals surface area contributed by atoms with E-state index in [-0.39, 0.29) is 5.91 Å². The molecule has 1 aliphatic heterocycles. The third kappa shape index (κ3) is 3.26. The summed E-state index contributed by atoms with van der Waals surface area (Å²) in [5.41, 5.74) is 1.54. The summed E-state index contributed by atoms with van der Waals surface area (Å²) >= 11 is 6.17. The zero-order valence-corrected chi connectivity index (χ0v) is 15.3. The lowest BCUT2D eigenvalue weighted by molar-refractivity contribution is -0.126. The Balaban J connectivity index is 1.51. The minimum absolute atomic E-state index is 0.0761. The van der Waals surface area contributed by atoms with Crippen molar-refractivity contribution in [3.8, 4) is 11.5 Å². The van der Waals surface area contributed by atoms with Crippen molar-refractivity contribution in [2.45, 2.75) is 37.6 Å². The summed E-state index contributed by atoms with van der Waals surface area (Å²) in [7, 11) is 0. The van der Waals surface area contributed by atoms with Gasteiger partial charge >= 0.3 is 0 Å². The van der Waals surface area contributed by atoms with Crippen LogP contribution in [0.1, 0.15) is 36.8 Å². The molecule has 1 aliphatic carbocycles. The zero-order valence-electron chi connectivity index (χ0n) is 14.6. The summed E-state index contributed by atoms with van der Waals surface area (Å²) in [5.74, 6) is 1.58. The molecule has 1 heterocycles. The molecule has 4 rings (SSSR count). The third-order valence-electron chi connectivity index (χ3n) is 5.33. The first-order chi connectivity index (χ1) is 12.7. The first-order valence-corrected chi connectivity index (χ1v) is 9.48. The van der Waals surface area contributed by atoms with Crippen molar-refractivity contribution in [1.29, 1.82) is 0 Å². The Kier molecular flexibility index (Phi) is 4.77. The van der Waals surface area contributed by atoms with Crippen molar-refractivity contribution in [2.75, 3.05) is 13.2 Å². The number of rotatable bonds is 4. The minimum atomic E-state index is -0.473. The number of nitrogens with one attached hydrogen (secondary N) is 1. The largest absolute Gasteiger partial charge is 0.486 e. The fourth-order valence-electron chi connectivity index (χ4n) is 3.96. The van der Waals surface area contributed by atoms with Gasteiger partial charge in [0.05, 0.1) is 5.41 Å². The van der Waals surface area contributed by atoms with E-state index in [1.165, 1.54) is 0 Å². The fraction of sp³-hybridized carbons (Fsp3) is 0.381. The normalized spacial score (nSPS) is 17.7. The molecule has 1 amide bonds. The Hall–Kier alpha value is -2.20. The fourth-order valence-corrected chi connectivity index (χ4v) is 4.15. The van der Waals surface area contributed by atoms with E-state index >= 15 is 0 Å². The summed E-state index contributed by atoms with van der Waals surface area (Å²) in [5, 5.41) is 3.80. The van der Waals surface area contributed by atoms with Gasteiger partial charge in [-0.15, -0.1) is 0 Å². The summed E-state index contributed by atoms with van der Waals surface area (Å²) in [4.78, 5) is 13.1. The summed E-state index contributed by atoms with van der Waals surface area (Å²) in [6.45, 7) is 1.60. The van der Waals surface area contributed by atoms with Crippen molar-refractivity contribution >= 4 is 17.5 Å². The molecular formula is C21H22ClNO3. The van der Waals surface area contributed by atoms with Crippen LogP contribution in [0.15, 0.2) is 42.5 Å². The van der Waals surface area contributed by atoms with Crippen LogP contribution < -0.4 is 14.8 Å². The van der Waals surface area contributed by atoms with Gasteiger partial charge in [0.2, 0.25) is 5.91 Å². The van der Waals surface area contributed by atoms with Gasteiger partial charge in [0, 0.05) is 11.6 Å². The van der Waals surface area contributed by atoms with E-state index in [0.717, 1.165) is 48.3 Å². The molecule has 1 N–H and O–H groups in total. The molecule has 1 fully saturated rings. The van der Waals surface area contributed by atoms with Crippen molar-refractivity contribution in [1.82, 2.24) is 5.32 Å². The molecule has 2 aromatic carbocycles. The second-order valence-corrected chi connectivity index (χ2v) is 7.40. The minimum Gasteiger partial charge on any atom is -0.486 e. The van der Waals surface area contributed by atoms with Crippen molar-refractivity contribution < 1.29 is 14.3 Å². The number of amides is 1. The lowest BCUT2D eigenvalue weighted by atomic mass is 9.78. The molecule has 0 bridgehead atoms. The van der Waals surface area contributed by atoms with Gasteiger partial charge in [-0.1, -0.05) is 42.6 Å². The average Bonchev–Trinajstić information content (AvgIpc) is 3.17. The molecule has 0 unspecified atom stereocenters. The van der Waals surface area contributed by atoms with E-state index in [4.69, 9.17) is 21.1 Å². The van der Waals surface area contributed by atoms with Gasteiger partial charge in [-0.3, -0.25) is 4.79 Å². The number of carbonyl (C=O) groups excluding carboxylic acids is 1. The Morgan fingerprint density at radius 2 is 1.81 bits per heavy atom. The van der Waals surface area contributed by atoms with Crippen LogP contribution in [0.5, 0.6) is 11.5 Å². The Morgan fingerprint density at radius 1 is 1.04 bits per heavy atom. The average molecular weight is 372 g/mol. The molecule has 0 spiro atoms. The predicted octanol–water partition coefficient (Wildman–Crippen LogP) is 4.24. The van der Waals surface area contributed by atoms with Crippen molar-refractivity contribution in [2.24, 2.45) is 0 Å². The van der Waals surface area contributed by atoms with Crippen LogP contribution in [0.25, 0.3) is 0 Å². The first-order valence-electron chi connectivity index (χ1n) is 9.10. The van der Waals surface area contributed by atoms with Crippen LogP contribution in [0, 0.1) is 0 Å². The molecule has 2 aliphatic rings. The monoisotopic (exact) mass is 371 g/mol. The van der Waals surface area contributed by atoms with E-state index in [2.05, 4.69) is 5.32 Å². The second-order valence-electron chi connectivity index (χ2n) is 6.96. The van der Waals surface area contributed by atoms with Crippen LogP contribution in [-0.4, -0.2) is 19.1 Å². The number of benzene rings is 2. The number of fused-ring (bicyclic) bond motifs is 1. The molecule has 0 saturated heterocycles. The van der Waals surface area contributed by atoms with Gasteiger partial charge in [-0.2, -0.15) is 0 Å². The van der Waals surface area contributed by atoms with Gasteiger partial charge in [-0.05, 0) is 48.2 Å². The molecule has 0 aromatic heterocycles. The standard InChI is InChI=1S/C21H22ClNO3/c22-17-5-3-4-16(13-17)21(8-1-2-9-21)20(24)23-14-15-6-7-18-19(12-15)26-11-10-25-18/h3-7,12-13H,1-2,8-11,14H2,(H,23,24). The van der Waals surface area contributed by atoms with Gasteiger partial charge in [0.15, 0.2) is 11.5 Å². The third-order valence-corrected chi connectivity index (χ3v) is 5.56. The SMILES string of the molecule is O=C(NCc1ccc2c(c1)OCCO2)C1(c2cccc(Cl)c2)CCCC1. The molecular weight excluding hydrogens is 350 g/mol. The Morgan fingerprint density at radius 3 is 2.58 bits per heavy atom. The van der Waals surface area contributed by atoms with Crippen LogP contribution >= 0.6 is 11.6 Å². The molecule has 4 nitrogen and oxygen atoms in total. The molecule has 1 saturated carbocycles. The van der Waals surface area contributed by atoms with E-state index in [9.17, 15) is 4.79 Å². The highest BCUT2D eigenvalue weighted by atomic mass is 35.5. The Labute approximate surface area is 158 Å². The van der Waals surface area contributed by atoms with E-state index in [1.54, 1.807) is 0 Å². The molecule has 136 valence electrons. The maximum Gasteiger partial charge on any atom is 0.230 e. The van der Waals surface area contributed by atoms with Crippen LogP contribution in [0.2, 0.25) is 5.02 Å². The molecule has 0 atom stereocenters. The van der Waals surface area contributed by atoms with E-state index in [1.807, 2.05) is 42.5 Å². The number of hydrogen-bond acceptors (Lipinski definition) is 3. The summed E-state index contributed by atoms with van der Waals surface area (Å²) in [6, 6.07) is 13.5. The number of carbonyl (C=O) groups is 1. The lowest BCUT2D eigenvalue weighted by Gasteiger charge is -2.28. The number of ether oxygens (including phenoxy) is 2. The number of halogens is 1. The highest BCUT2D eigenvalue weighted by Crippen LogP contribution is 2.42. The van der Waals surface area contributed by atoms with Crippen LogP contribution in [0.3, 0.4) is 0 Å². The topological polar surface area (TPSA) is 47.6 Å². The highest BCUT2D eigenvalue weighted by Gasteiger charge is 2.42. The molecule has 2 aromatic rings. The van der Waals surface area contributed by atoms with Crippen LogP contribution in [0.4, 0.5) is 0 Å². The van der Waals surface area contributed by atoms with Gasteiger partial charge in [-0.25, -0.2) is 0 Å². The number of hydrogen-bond donors (Lipinski definition) is 1.